The van der Waals surface area contributed by atoms with Crippen LogP contribution in [0, 0.1) is 35.8 Å². The van der Waals surface area contributed by atoms with Gasteiger partial charge in [-0.05, 0) is 6.42 Å². The van der Waals surface area contributed by atoms with Crippen LogP contribution >= 0.6 is 0 Å². The Kier molecular flexibility index (Phi) is 7.24. The molecule has 13 heteroatoms. The van der Waals surface area contributed by atoms with Gasteiger partial charge in [0, 0.05) is 11.8 Å². The molecule has 0 atom stereocenters. The van der Waals surface area contributed by atoms with E-state index in [-0.39, 0.29) is 12.8 Å². The summed E-state index contributed by atoms with van der Waals surface area (Å²) in [6.07, 6.45) is 0.0917. The molecule has 0 fully saturated rings. The largest absolute Gasteiger partial charge is 0.313 e. The van der Waals surface area contributed by atoms with Crippen molar-refractivity contribution in [3.8, 4) is 0 Å². The van der Waals surface area contributed by atoms with E-state index in [9.17, 15) is 35.1 Å². The van der Waals surface area contributed by atoms with Gasteiger partial charge in [0.2, 0.25) is 0 Å². The van der Waals surface area contributed by atoms with Crippen LogP contribution in [0.15, 0.2) is 0 Å². The van der Waals surface area contributed by atoms with E-state index in [2.05, 4.69) is 14.5 Å². The monoisotopic (exact) mass is 297 g/mol. The van der Waals surface area contributed by atoms with Crippen LogP contribution in [0.25, 0.3) is 0 Å². The second kappa shape index (κ2) is 8.39. The number of hydrogen-bond acceptors (Lipinski definition) is 10. The summed E-state index contributed by atoms with van der Waals surface area (Å²) in [4.78, 5) is 53.0. The molecule has 13 nitrogen and oxygen atoms in total. The Morgan fingerprint density at radius 3 is 1.45 bits per heavy atom. The maximum absolute atomic E-state index is 10.3. The van der Waals surface area contributed by atoms with Gasteiger partial charge in [0.25, 0.3) is 15.3 Å². The van der Waals surface area contributed by atoms with E-state index in [4.69, 9.17) is 0 Å². The highest BCUT2D eigenvalue weighted by Gasteiger charge is 2.34. The Labute approximate surface area is 110 Å². The van der Waals surface area contributed by atoms with E-state index >= 15 is 0 Å². The summed E-state index contributed by atoms with van der Waals surface area (Å²) >= 11 is 0. The SMILES string of the molecule is O=CCCC(CO[N+](=O)[O-])(CO[N+](=O)[O-])CO[N+](=O)[O-]. The Balaban J connectivity index is 4.91. The second-order valence-corrected chi connectivity index (χ2v) is 3.70. The first-order valence-corrected chi connectivity index (χ1v) is 5.07. The number of hydrogen-bond donors (Lipinski definition) is 0. The van der Waals surface area contributed by atoms with Gasteiger partial charge in [0.15, 0.2) is 0 Å². The van der Waals surface area contributed by atoms with Crippen molar-refractivity contribution in [3.05, 3.63) is 30.3 Å². The molecule has 0 heterocycles. The molecule has 0 N–H and O–H groups in total. The third-order valence-electron chi connectivity index (χ3n) is 2.22. The molecule has 0 saturated carbocycles. The number of carbonyl (C=O) groups excluding carboxylic acids is 1. The first kappa shape index (κ1) is 17.3. The lowest BCUT2D eigenvalue weighted by atomic mass is 9.86. The molecular weight excluding hydrogens is 286 g/mol. The van der Waals surface area contributed by atoms with Crippen molar-refractivity contribution in [2.24, 2.45) is 5.41 Å². The maximum Gasteiger partial charge on any atom is 0.294 e. The average molecular weight is 297 g/mol. The highest BCUT2D eigenvalue weighted by atomic mass is 17.0. The van der Waals surface area contributed by atoms with Gasteiger partial charge >= 0.3 is 0 Å². The third kappa shape index (κ3) is 7.57. The zero-order valence-corrected chi connectivity index (χ0v) is 10.0. The molecule has 0 amide bonds. The lowest BCUT2D eigenvalue weighted by molar-refractivity contribution is -0.782. The van der Waals surface area contributed by atoms with Gasteiger partial charge in [-0.2, -0.15) is 0 Å². The van der Waals surface area contributed by atoms with Gasteiger partial charge in [-0.3, -0.25) is 0 Å². The highest BCUT2D eigenvalue weighted by Crippen LogP contribution is 2.26. The summed E-state index contributed by atoms with van der Waals surface area (Å²) in [5, 5.41) is 27.0. The summed E-state index contributed by atoms with van der Waals surface area (Å²) in [5.74, 6) is 0. The molecule has 0 radical (unpaired) electrons. The molecule has 0 aromatic carbocycles. The number of rotatable bonds is 12. The first-order valence-electron chi connectivity index (χ1n) is 5.07. The molecule has 0 aliphatic rings. The van der Waals surface area contributed by atoms with E-state index in [0.717, 1.165) is 0 Å². The summed E-state index contributed by atoms with van der Waals surface area (Å²) in [7, 11) is 0. The van der Waals surface area contributed by atoms with Crippen molar-refractivity contribution in [3.63, 3.8) is 0 Å². The van der Waals surface area contributed by atoms with Gasteiger partial charge in [-0.15, -0.1) is 30.3 Å². The lowest BCUT2D eigenvalue weighted by Crippen LogP contribution is -2.39. The first-order chi connectivity index (χ1) is 9.31. The zero-order chi connectivity index (χ0) is 15.6. The molecule has 0 aliphatic heterocycles. The quantitative estimate of drug-likeness (QED) is 0.261. The molecule has 0 aromatic rings. The molecule has 20 heavy (non-hydrogen) atoms. The highest BCUT2D eigenvalue weighted by molar-refractivity contribution is 5.49. The van der Waals surface area contributed by atoms with E-state index < -0.39 is 40.5 Å². The van der Waals surface area contributed by atoms with Crippen LogP contribution < -0.4 is 0 Å². The Morgan fingerprint density at radius 2 is 1.20 bits per heavy atom. The normalized spacial score (nSPS) is 10.4. The predicted octanol–water partition coefficient (Wildman–Crippen LogP) is -0.423. The Morgan fingerprint density at radius 1 is 0.850 bits per heavy atom. The van der Waals surface area contributed by atoms with Crippen molar-refractivity contribution in [2.45, 2.75) is 12.8 Å². The van der Waals surface area contributed by atoms with Crippen LogP contribution in [-0.4, -0.2) is 41.4 Å². The van der Waals surface area contributed by atoms with Gasteiger partial charge in [0.05, 0.1) is 0 Å². The van der Waals surface area contributed by atoms with E-state index in [1.807, 2.05) is 0 Å². The van der Waals surface area contributed by atoms with E-state index in [0.29, 0.717) is 6.29 Å². The van der Waals surface area contributed by atoms with Crippen LogP contribution in [0.5, 0.6) is 0 Å². The summed E-state index contributed by atoms with van der Waals surface area (Å²) in [6.45, 7) is -2.26. The number of carbonyl (C=O) groups is 1. The topological polar surface area (TPSA) is 174 Å². The fraction of sp³-hybridized carbons (Fsp3) is 0.857. The van der Waals surface area contributed by atoms with Gasteiger partial charge < -0.3 is 19.3 Å². The van der Waals surface area contributed by atoms with Crippen LogP contribution in [0.3, 0.4) is 0 Å². The molecule has 0 rings (SSSR count). The molecule has 0 aliphatic carbocycles. The third-order valence-corrected chi connectivity index (χ3v) is 2.22. The summed E-state index contributed by atoms with van der Waals surface area (Å²) in [6, 6.07) is 0. The zero-order valence-electron chi connectivity index (χ0n) is 10.0. The number of aldehydes is 1. The van der Waals surface area contributed by atoms with Crippen molar-refractivity contribution in [1.82, 2.24) is 0 Å². The summed E-state index contributed by atoms with van der Waals surface area (Å²) in [5.41, 5.74) is -1.58. The molecule has 114 valence electrons. The minimum atomic E-state index is -1.58. The average Bonchev–Trinajstić information content (AvgIpc) is 2.36. The molecule has 0 bridgehead atoms. The van der Waals surface area contributed by atoms with Crippen LogP contribution in [0.1, 0.15) is 12.8 Å². The van der Waals surface area contributed by atoms with Crippen LogP contribution in [-0.2, 0) is 19.3 Å². The molecular formula is C7H11N3O10. The van der Waals surface area contributed by atoms with Gasteiger partial charge in [-0.1, -0.05) is 0 Å². The van der Waals surface area contributed by atoms with Crippen molar-refractivity contribution in [2.75, 3.05) is 19.8 Å². The fourth-order valence-electron chi connectivity index (χ4n) is 1.28. The maximum atomic E-state index is 10.3. The fourth-order valence-corrected chi connectivity index (χ4v) is 1.28. The standard InChI is InChI=1S/C7H11N3O10/c11-3-1-2-7(4-18-8(12)13,5-19-9(14)15)6-20-10(16)17/h3H,1-2,4-6H2. The predicted molar refractivity (Wildman–Crippen MR) is 56.6 cm³/mol. The minimum absolute atomic E-state index is 0.163. The Bertz CT molecular complexity index is 326. The van der Waals surface area contributed by atoms with Crippen molar-refractivity contribution >= 4 is 6.29 Å². The van der Waals surface area contributed by atoms with Crippen molar-refractivity contribution < 1.29 is 34.6 Å². The summed E-state index contributed by atoms with van der Waals surface area (Å²) < 4.78 is 0. The molecule has 0 spiro atoms. The van der Waals surface area contributed by atoms with Crippen LogP contribution in [0.4, 0.5) is 0 Å². The number of nitrogens with zero attached hydrogens (tertiary/aromatic N) is 3. The second-order valence-electron chi connectivity index (χ2n) is 3.70. The van der Waals surface area contributed by atoms with E-state index in [1.165, 1.54) is 0 Å². The minimum Gasteiger partial charge on any atom is -0.313 e. The Hall–Kier alpha value is -2.73. The van der Waals surface area contributed by atoms with Crippen molar-refractivity contribution in [1.29, 1.82) is 0 Å². The van der Waals surface area contributed by atoms with E-state index in [1.54, 1.807) is 0 Å². The van der Waals surface area contributed by atoms with Gasteiger partial charge in [0.1, 0.15) is 26.1 Å². The van der Waals surface area contributed by atoms with Gasteiger partial charge in [-0.25, -0.2) is 0 Å². The smallest absolute Gasteiger partial charge is 0.294 e. The van der Waals surface area contributed by atoms with Crippen LogP contribution in [0.2, 0.25) is 0 Å². The molecule has 0 unspecified atom stereocenters. The molecule has 0 saturated heterocycles. The lowest BCUT2D eigenvalue weighted by Gasteiger charge is -2.29. The molecule has 0 aromatic heterocycles.